The molecule has 1 saturated carbocycles. The zero-order valence-electron chi connectivity index (χ0n) is 18.4. The standard InChI is InChI=1S/C27H24F6O/c1-2-16-3-6-18(7-4-16)20-11-12-22-21(15-20)10-9-19(25(22)30)8-5-17-13-23(28)26(24(29)14-17)34-27(31,32)33/h2,9-16,18H,1,3-8H2. The molecule has 1 nitrogen and oxygen atoms in total. The van der Waals surface area contributed by atoms with Crippen molar-refractivity contribution in [3.63, 3.8) is 0 Å². The summed E-state index contributed by atoms with van der Waals surface area (Å²) in [6, 6.07) is 10.8. The molecule has 1 aliphatic carbocycles. The summed E-state index contributed by atoms with van der Waals surface area (Å²) < 4.78 is 83.3. The fraction of sp³-hybridized carbons (Fsp3) is 0.333. The molecule has 1 aliphatic rings. The molecule has 1 fully saturated rings. The maximum atomic E-state index is 15.1. The minimum atomic E-state index is -5.21. The molecule has 0 saturated heterocycles. The molecule has 0 N–H and O–H groups in total. The van der Waals surface area contributed by atoms with Gasteiger partial charge in [0, 0.05) is 5.39 Å². The van der Waals surface area contributed by atoms with Crippen LogP contribution in [0.3, 0.4) is 0 Å². The van der Waals surface area contributed by atoms with Crippen LogP contribution in [-0.2, 0) is 12.8 Å². The van der Waals surface area contributed by atoms with E-state index in [0.29, 0.717) is 22.8 Å². The molecular formula is C27H24F6O. The van der Waals surface area contributed by atoms with Gasteiger partial charge < -0.3 is 4.74 Å². The Morgan fingerprint density at radius 2 is 1.56 bits per heavy atom. The minimum absolute atomic E-state index is 0.0488. The topological polar surface area (TPSA) is 9.23 Å². The summed E-state index contributed by atoms with van der Waals surface area (Å²) in [7, 11) is 0. The molecule has 3 aromatic rings. The number of halogens is 6. The Labute approximate surface area is 194 Å². The van der Waals surface area contributed by atoms with Gasteiger partial charge in [-0.15, -0.1) is 19.8 Å². The average molecular weight is 478 g/mol. The quantitative estimate of drug-likeness (QED) is 0.255. The summed E-state index contributed by atoms with van der Waals surface area (Å²) >= 11 is 0. The first-order valence-electron chi connectivity index (χ1n) is 11.2. The molecule has 0 unspecified atom stereocenters. The Hall–Kier alpha value is -2.96. The lowest BCUT2D eigenvalue weighted by atomic mass is 9.78. The van der Waals surface area contributed by atoms with Gasteiger partial charge in [-0.2, -0.15) is 0 Å². The molecule has 7 heteroatoms. The molecule has 0 atom stereocenters. The first-order chi connectivity index (χ1) is 16.1. The molecule has 180 valence electrons. The number of fused-ring (bicyclic) bond motifs is 1. The highest BCUT2D eigenvalue weighted by Crippen LogP contribution is 2.37. The number of rotatable bonds is 6. The molecule has 0 radical (unpaired) electrons. The number of hydrogen-bond donors (Lipinski definition) is 0. The second kappa shape index (κ2) is 9.72. The molecular weight excluding hydrogens is 454 g/mol. The largest absolute Gasteiger partial charge is 0.573 e. The van der Waals surface area contributed by atoms with Crippen molar-refractivity contribution in [3.8, 4) is 5.75 Å². The van der Waals surface area contributed by atoms with Gasteiger partial charge in [-0.25, -0.2) is 13.2 Å². The minimum Gasteiger partial charge on any atom is -0.399 e. The van der Waals surface area contributed by atoms with Gasteiger partial charge in [0.15, 0.2) is 11.6 Å². The molecule has 0 bridgehead atoms. The Kier molecular flexibility index (Phi) is 6.91. The molecule has 0 aliphatic heterocycles. The third-order valence-electron chi connectivity index (χ3n) is 6.59. The Balaban J connectivity index is 1.49. The van der Waals surface area contributed by atoms with Crippen molar-refractivity contribution in [2.75, 3.05) is 0 Å². The van der Waals surface area contributed by atoms with E-state index >= 15 is 4.39 Å². The summed E-state index contributed by atoms with van der Waals surface area (Å²) in [5.74, 6) is -3.81. The van der Waals surface area contributed by atoms with E-state index in [1.165, 1.54) is 5.56 Å². The predicted molar refractivity (Wildman–Crippen MR) is 119 cm³/mol. The van der Waals surface area contributed by atoms with E-state index in [-0.39, 0.29) is 18.4 Å². The van der Waals surface area contributed by atoms with Crippen molar-refractivity contribution in [2.45, 2.75) is 50.8 Å². The first-order valence-corrected chi connectivity index (χ1v) is 11.2. The number of aryl methyl sites for hydroxylation is 2. The van der Waals surface area contributed by atoms with Crippen LogP contribution in [0.2, 0.25) is 0 Å². The van der Waals surface area contributed by atoms with Gasteiger partial charge in [0.25, 0.3) is 0 Å². The Morgan fingerprint density at radius 1 is 0.882 bits per heavy atom. The van der Waals surface area contributed by atoms with Gasteiger partial charge in [-0.05, 0) is 84.6 Å². The Morgan fingerprint density at radius 3 is 2.18 bits per heavy atom. The molecule has 34 heavy (non-hydrogen) atoms. The van der Waals surface area contributed by atoms with Crippen molar-refractivity contribution in [2.24, 2.45) is 5.92 Å². The highest BCUT2D eigenvalue weighted by molar-refractivity contribution is 5.84. The lowest BCUT2D eigenvalue weighted by Gasteiger charge is -2.27. The van der Waals surface area contributed by atoms with Crippen molar-refractivity contribution >= 4 is 10.8 Å². The van der Waals surface area contributed by atoms with Crippen LogP contribution in [0, 0.1) is 23.4 Å². The van der Waals surface area contributed by atoms with Gasteiger partial charge >= 0.3 is 6.36 Å². The van der Waals surface area contributed by atoms with E-state index in [4.69, 9.17) is 0 Å². The number of benzene rings is 3. The normalized spacial score (nSPS) is 18.8. The average Bonchev–Trinajstić information content (AvgIpc) is 2.80. The number of alkyl halides is 3. The predicted octanol–water partition coefficient (Wildman–Crippen LogP) is 8.40. The summed E-state index contributed by atoms with van der Waals surface area (Å²) in [5.41, 5.74) is 1.66. The number of hydrogen-bond acceptors (Lipinski definition) is 1. The fourth-order valence-corrected chi connectivity index (χ4v) is 4.74. The van der Waals surface area contributed by atoms with E-state index in [1.54, 1.807) is 12.1 Å². The van der Waals surface area contributed by atoms with Crippen LogP contribution in [0.5, 0.6) is 5.75 Å². The van der Waals surface area contributed by atoms with Crippen LogP contribution in [0.15, 0.2) is 55.1 Å². The molecule has 4 rings (SSSR count). The van der Waals surface area contributed by atoms with E-state index < -0.39 is 29.6 Å². The second-order valence-corrected chi connectivity index (χ2v) is 8.80. The molecule has 3 aromatic carbocycles. The summed E-state index contributed by atoms with van der Waals surface area (Å²) in [5, 5.41) is 1.25. The maximum Gasteiger partial charge on any atom is 0.573 e. The van der Waals surface area contributed by atoms with E-state index in [9.17, 15) is 22.0 Å². The third-order valence-corrected chi connectivity index (χ3v) is 6.59. The Bertz CT molecular complexity index is 1170. The van der Waals surface area contributed by atoms with Gasteiger partial charge in [0.2, 0.25) is 5.75 Å². The highest BCUT2D eigenvalue weighted by Gasteiger charge is 2.34. The van der Waals surface area contributed by atoms with Gasteiger partial charge in [-0.1, -0.05) is 36.4 Å². The summed E-state index contributed by atoms with van der Waals surface area (Å²) in [4.78, 5) is 0. The fourth-order valence-electron chi connectivity index (χ4n) is 4.74. The second-order valence-electron chi connectivity index (χ2n) is 8.80. The first kappa shape index (κ1) is 24.2. The van der Waals surface area contributed by atoms with E-state index in [0.717, 1.165) is 43.2 Å². The number of allylic oxidation sites excluding steroid dienone is 1. The molecule has 0 amide bonds. The van der Waals surface area contributed by atoms with Gasteiger partial charge in [0.05, 0.1) is 0 Å². The van der Waals surface area contributed by atoms with Crippen molar-refractivity contribution in [3.05, 3.63) is 89.3 Å². The SMILES string of the molecule is C=CC1CCC(c2ccc3c(F)c(CCc4cc(F)c(OC(F)(F)F)c(F)c4)ccc3c2)CC1. The van der Waals surface area contributed by atoms with E-state index in [2.05, 4.69) is 11.3 Å². The van der Waals surface area contributed by atoms with Crippen LogP contribution in [0.1, 0.15) is 48.3 Å². The monoisotopic (exact) mass is 478 g/mol. The van der Waals surface area contributed by atoms with E-state index in [1.807, 2.05) is 24.3 Å². The van der Waals surface area contributed by atoms with Crippen LogP contribution >= 0.6 is 0 Å². The maximum absolute atomic E-state index is 15.1. The molecule has 0 aromatic heterocycles. The van der Waals surface area contributed by atoms with Crippen molar-refractivity contribution in [1.29, 1.82) is 0 Å². The number of ether oxygens (including phenoxy) is 1. The van der Waals surface area contributed by atoms with Crippen molar-refractivity contribution < 1.29 is 31.1 Å². The van der Waals surface area contributed by atoms with Gasteiger partial charge in [0.1, 0.15) is 5.82 Å². The lowest BCUT2D eigenvalue weighted by Crippen LogP contribution is -2.19. The van der Waals surface area contributed by atoms with Crippen LogP contribution in [0.4, 0.5) is 26.3 Å². The highest BCUT2D eigenvalue weighted by atomic mass is 19.4. The van der Waals surface area contributed by atoms with Crippen LogP contribution in [0.25, 0.3) is 10.8 Å². The summed E-state index contributed by atoms with van der Waals surface area (Å²) in [6.07, 6.45) is 1.34. The smallest absolute Gasteiger partial charge is 0.399 e. The molecule has 0 heterocycles. The van der Waals surface area contributed by atoms with Crippen LogP contribution < -0.4 is 4.74 Å². The lowest BCUT2D eigenvalue weighted by molar-refractivity contribution is -0.276. The van der Waals surface area contributed by atoms with Crippen LogP contribution in [-0.4, -0.2) is 6.36 Å². The van der Waals surface area contributed by atoms with Crippen molar-refractivity contribution in [1.82, 2.24) is 0 Å². The third kappa shape index (κ3) is 5.40. The zero-order valence-corrected chi connectivity index (χ0v) is 18.4. The van der Waals surface area contributed by atoms with Gasteiger partial charge in [-0.3, -0.25) is 0 Å². The summed E-state index contributed by atoms with van der Waals surface area (Å²) in [6.45, 7) is 3.88. The molecule has 0 spiro atoms. The zero-order chi connectivity index (χ0) is 24.5.